The van der Waals surface area contributed by atoms with Crippen molar-refractivity contribution in [3.05, 3.63) is 0 Å². The molecule has 0 amide bonds. The second-order valence-corrected chi connectivity index (χ2v) is 7.78. The molecule has 0 aromatic heterocycles. The van der Waals surface area contributed by atoms with E-state index in [1.807, 2.05) is 0 Å². The lowest BCUT2D eigenvalue weighted by atomic mass is 9.54. The summed E-state index contributed by atoms with van der Waals surface area (Å²) in [6.45, 7) is 3.92. The van der Waals surface area contributed by atoms with E-state index in [9.17, 15) is 0 Å². The third kappa shape index (κ3) is 2.02. The fourth-order valence-electron chi connectivity index (χ4n) is 5.75. The van der Waals surface area contributed by atoms with Gasteiger partial charge in [0.25, 0.3) is 0 Å². The Balaban J connectivity index is 1.35. The monoisotopic (exact) mass is 248 g/mol. The molecule has 18 heavy (non-hydrogen) atoms. The van der Waals surface area contributed by atoms with Crippen LogP contribution in [0.1, 0.15) is 38.5 Å². The molecule has 4 saturated carbocycles. The van der Waals surface area contributed by atoms with E-state index in [4.69, 9.17) is 0 Å². The Morgan fingerprint density at radius 2 is 1.67 bits per heavy atom. The second-order valence-electron chi connectivity index (χ2n) is 7.78. The van der Waals surface area contributed by atoms with Gasteiger partial charge in [0.15, 0.2) is 0 Å². The molecule has 0 spiro atoms. The number of nitrogens with one attached hydrogen (secondary N) is 1. The lowest BCUT2D eigenvalue weighted by molar-refractivity contribution is -0.0146. The molecule has 1 unspecified atom stereocenters. The number of nitrogens with zero attached hydrogens (tertiary/aromatic N) is 1. The lowest BCUT2D eigenvalue weighted by Gasteiger charge is -2.54. The number of hydrogen-bond acceptors (Lipinski definition) is 2. The van der Waals surface area contributed by atoms with E-state index >= 15 is 0 Å². The summed E-state index contributed by atoms with van der Waals surface area (Å²) in [5.74, 6) is 5.24. The molecule has 4 bridgehead atoms. The average Bonchev–Trinajstić information content (AvgIpc) is 2.73. The van der Waals surface area contributed by atoms with Gasteiger partial charge in [-0.2, -0.15) is 0 Å². The van der Waals surface area contributed by atoms with Crippen molar-refractivity contribution in [1.82, 2.24) is 10.2 Å². The molecular weight excluding hydrogens is 220 g/mol. The first-order chi connectivity index (χ1) is 8.78. The Morgan fingerprint density at radius 3 is 2.22 bits per heavy atom. The van der Waals surface area contributed by atoms with Crippen molar-refractivity contribution in [2.24, 2.45) is 29.6 Å². The van der Waals surface area contributed by atoms with Gasteiger partial charge in [0.1, 0.15) is 0 Å². The van der Waals surface area contributed by atoms with E-state index in [0.717, 1.165) is 35.6 Å². The van der Waals surface area contributed by atoms with Crippen LogP contribution in [-0.2, 0) is 0 Å². The number of likely N-dealkylation sites (tertiary alicyclic amines) is 1. The molecule has 2 nitrogen and oxygen atoms in total. The Morgan fingerprint density at radius 1 is 1.00 bits per heavy atom. The van der Waals surface area contributed by atoms with Crippen molar-refractivity contribution >= 4 is 0 Å². The highest BCUT2D eigenvalue weighted by atomic mass is 15.1. The molecule has 0 radical (unpaired) electrons. The molecule has 5 fully saturated rings. The third-order valence-corrected chi connectivity index (χ3v) is 6.36. The molecule has 0 aromatic carbocycles. The molecular formula is C16H28N2. The fraction of sp³-hybridized carbons (Fsp3) is 1.00. The zero-order valence-corrected chi connectivity index (χ0v) is 11.8. The van der Waals surface area contributed by atoms with Crippen LogP contribution in [0.4, 0.5) is 0 Å². The van der Waals surface area contributed by atoms with Crippen molar-refractivity contribution < 1.29 is 0 Å². The maximum atomic E-state index is 4.00. The van der Waals surface area contributed by atoms with Gasteiger partial charge in [0.05, 0.1) is 0 Å². The minimum atomic E-state index is 0.892. The van der Waals surface area contributed by atoms with Gasteiger partial charge in [-0.05, 0) is 88.3 Å². The first-order valence-corrected chi connectivity index (χ1v) is 8.20. The predicted octanol–water partition coefficient (Wildman–Crippen LogP) is 2.35. The van der Waals surface area contributed by atoms with Crippen molar-refractivity contribution in [2.45, 2.75) is 44.6 Å². The van der Waals surface area contributed by atoms with Gasteiger partial charge in [-0.3, -0.25) is 0 Å². The van der Waals surface area contributed by atoms with Crippen LogP contribution in [0.3, 0.4) is 0 Å². The molecule has 1 aliphatic heterocycles. The van der Waals surface area contributed by atoms with Crippen molar-refractivity contribution in [2.75, 3.05) is 26.7 Å². The van der Waals surface area contributed by atoms with Crippen LogP contribution in [0.2, 0.25) is 0 Å². The standard InChI is InChI=1S/C16H28N2/c1-18-3-2-11(10-18)9-17-16-14-5-12-4-13(7-14)8-15(16)6-12/h11-17H,2-10H2,1H3. The van der Waals surface area contributed by atoms with Crippen LogP contribution in [-0.4, -0.2) is 37.6 Å². The molecule has 1 saturated heterocycles. The van der Waals surface area contributed by atoms with E-state index in [1.54, 1.807) is 32.1 Å². The van der Waals surface area contributed by atoms with Gasteiger partial charge in [-0.15, -0.1) is 0 Å². The van der Waals surface area contributed by atoms with Gasteiger partial charge in [-0.25, -0.2) is 0 Å². The maximum Gasteiger partial charge on any atom is 0.0124 e. The Kier molecular flexibility index (Phi) is 2.92. The molecule has 102 valence electrons. The van der Waals surface area contributed by atoms with Gasteiger partial charge < -0.3 is 10.2 Å². The number of rotatable bonds is 3. The summed E-state index contributed by atoms with van der Waals surface area (Å²) < 4.78 is 0. The minimum absolute atomic E-state index is 0.892. The van der Waals surface area contributed by atoms with Gasteiger partial charge in [0.2, 0.25) is 0 Å². The molecule has 5 aliphatic rings. The van der Waals surface area contributed by atoms with E-state index in [0.29, 0.717) is 0 Å². The normalized spacial score (nSPS) is 51.2. The Bertz CT molecular complexity index is 286. The summed E-state index contributed by atoms with van der Waals surface area (Å²) in [6, 6.07) is 0.892. The third-order valence-electron chi connectivity index (χ3n) is 6.36. The summed E-state index contributed by atoms with van der Waals surface area (Å²) in [5.41, 5.74) is 0. The van der Waals surface area contributed by atoms with Crippen molar-refractivity contribution in [3.8, 4) is 0 Å². The summed E-state index contributed by atoms with van der Waals surface area (Å²) in [7, 11) is 2.27. The minimum Gasteiger partial charge on any atom is -0.313 e. The van der Waals surface area contributed by atoms with Gasteiger partial charge in [-0.1, -0.05) is 0 Å². The van der Waals surface area contributed by atoms with Crippen LogP contribution in [0, 0.1) is 29.6 Å². The fourth-order valence-corrected chi connectivity index (χ4v) is 5.75. The molecule has 1 atom stereocenters. The first-order valence-electron chi connectivity index (χ1n) is 8.20. The van der Waals surface area contributed by atoms with Crippen molar-refractivity contribution in [1.29, 1.82) is 0 Å². The van der Waals surface area contributed by atoms with Crippen LogP contribution in [0.25, 0.3) is 0 Å². The Labute approximate surface area is 111 Å². The Hall–Kier alpha value is -0.0800. The highest BCUT2D eigenvalue weighted by molar-refractivity contribution is 5.01. The molecule has 1 heterocycles. The van der Waals surface area contributed by atoms with Gasteiger partial charge in [0, 0.05) is 12.6 Å². The van der Waals surface area contributed by atoms with E-state index < -0.39 is 0 Å². The molecule has 1 N–H and O–H groups in total. The molecule has 5 rings (SSSR count). The molecule has 4 aliphatic carbocycles. The van der Waals surface area contributed by atoms with E-state index in [1.165, 1.54) is 26.1 Å². The topological polar surface area (TPSA) is 15.3 Å². The van der Waals surface area contributed by atoms with E-state index in [-0.39, 0.29) is 0 Å². The summed E-state index contributed by atoms with van der Waals surface area (Å²) in [5, 5.41) is 4.00. The van der Waals surface area contributed by atoms with Crippen LogP contribution < -0.4 is 5.32 Å². The highest BCUT2D eigenvalue weighted by Gasteiger charge is 2.47. The lowest BCUT2D eigenvalue weighted by Crippen LogP contribution is -2.55. The van der Waals surface area contributed by atoms with Crippen LogP contribution in [0.15, 0.2) is 0 Å². The summed E-state index contributed by atoms with van der Waals surface area (Å²) in [6.07, 6.45) is 9.19. The number of hydrogen-bond donors (Lipinski definition) is 1. The van der Waals surface area contributed by atoms with Gasteiger partial charge >= 0.3 is 0 Å². The quantitative estimate of drug-likeness (QED) is 0.825. The second kappa shape index (κ2) is 4.49. The highest BCUT2D eigenvalue weighted by Crippen LogP contribution is 2.53. The molecule has 0 aromatic rings. The summed E-state index contributed by atoms with van der Waals surface area (Å²) in [4.78, 5) is 2.49. The average molecular weight is 248 g/mol. The maximum absolute atomic E-state index is 4.00. The first kappa shape index (κ1) is 11.7. The largest absolute Gasteiger partial charge is 0.313 e. The van der Waals surface area contributed by atoms with Crippen molar-refractivity contribution in [3.63, 3.8) is 0 Å². The zero-order chi connectivity index (χ0) is 12.1. The SMILES string of the molecule is CN1CCC(CNC2C3CC4CC(C3)CC2C4)C1. The predicted molar refractivity (Wildman–Crippen MR) is 74.4 cm³/mol. The van der Waals surface area contributed by atoms with Crippen LogP contribution >= 0.6 is 0 Å². The zero-order valence-electron chi connectivity index (χ0n) is 11.8. The molecule has 2 heteroatoms. The van der Waals surface area contributed by atoms with E-state index in [2.05, 4.69) is 17.3 Å². The smallest absolute Gasteiger partial charge is 0.0124 e. The van der Waals surface area contributed by atoms with Crippen LogP contribution in [0.5, 0.6) is 0 Å². The summed E-state index contributed by atoms with van der Waals surface area (Å²) >= 11 is 0.